The van der Waals surface area contributed by atoms with Gasteiger partial charge in [0.2, 0.25) is 17.8 Å². The summed E-state index contributed by atoms with van der Waals surface area (Å²) in [4.78, 5) is 18.6. The van der Waals surface area contributed by atoms with E-state index in [-0.39, 0.29) is 19.2 Å². The minimum atomic E-state index is -0.0976. The summed E-state index contributed by atoms with van der Waals surface area (Å²) < 4.78 is 15.0. The molecule has 1 amide bonds. The molecule has 1 aliphatic rings. The Morgan fingerprint density at radius 3 is 2.76 bits per heavy atom. The lowest BCUT2D eigenvalue weighted by Crippen LogP contribution is -2.34. The molecule has 0 saturated carbocycles. The van der Waals surface area contributed by atoms with E-state index in [1.807, 2.05) is 49.5 Å². The number of fused-ring (bicyclic) bond motifs is 1. The second-order valence-corrected chi connectivity index (χ2v) is 7.78. The summed E-state index contributed by atoms with van der Waals surface area (Å²) in [5.41, 5.74) is 2.04. The van der Waals surface area contributed by atoms with Crippen LogP contribution in [0, 0.1) is 0 Å². The summed E-state index contributed by atoms with van der Waals surface area (Å²) in [6, 6.07) is 13.2. The molecule has 3 aromatic rings. The number of halogens is 1. The highest BCUT2D eigenvalue weighted by atomic mass is 35.5. The smallest absolute Gasteiger partial charge is 0.239 e. The van der Waals surface area contributed by atoms with Crippen LogP contribution in [-0.2, 0) is 17.8 Å². The van der Waals surface area contributed by atoms with Crippen molar-refractivity contribution in [2.75, 3.05) is 25.3 Å². The number of likely N-dealkylation sites (N-methyl/N-ethyl adjacent to an activating group) is 1. The molecule has 0 unspecified atom stereocenters. The van der Waals surface area contributed by atoms with Crippen molar-refractivity contribution in [2.45, 2.75) is 13.0 Å². The number of hydrogen-bond acceptors (Lipinski definition) is 7. The largest absolute Gasteiger partial charge is 0.454 e. The maximum atomic E-state index is 12.3. The Morgan fingerprint density at radius 2 is 1.93 bits per heavy atom. The van der Waals surface area contributed by atoms with Crippen LogP contribution in [0.2, 0.25) is 5.02 Å². The molecule has 4 rings (SSSR count). The van der Waals surface area contributed by atoms with E-state index in [4.69, 9.17) is 21.1 Å². The number of anilines is 1. The minimum Gasteiger partial charge on any atom is -0.454 e. The third kappa shape index (κ3) is 4.96. The molecule has 0 fully saturated rings. The highest BCUT2D eigenvalue weighted by molar-refractivity contribution is 7.09. The van der Waals surface area contributed by atoms with E-state index >= 15 is 0 Å². The lowest BCUT2D eigenvalue weighted by Gasteiger charge is -2.14. The second kappa shape index (κ2) is 8.67. The molecular weight excluding hydrogens is 412 g/mol. The van der Waals surface area contributed by atoms with E-state index in [2.05, 4.69) is 14.7 Å². The van der Waals surface area contributed by atoms with E-state index < -0.39 is 0 Å². The van der Waals surface area contributed by atoms with Gasteiger partial charge in [-0.3, -0.25) is 4.79 Å². The van der Waals surface area contributed by atoms with Gasteiger partial charge in [0, 0.05) is 36.6 Å². The lowest BCUT2D eigenvalue weighted by molar-refractivity contribution is -0.119. The molecule has 0 atom stereocenters. The maximum absolute atomic E-state index is 12.3. The van der Waals surface area contributed by atoms with Crippen molar-refractivity contribution in [3.05, 3.63) is 64.4 Å². The summed E-state index contributed by atoms with van der Waals surface area (Å²) in [7, 11) is 1.83. The van der Waals surface area contributed by atoms with Gasteiger partial charge in [0.15, 0.2) is 11.5 Å². The number of benzene rings is 2. The molecule has 1 N–H and O–H groups in total. The molecule has 1 aromatic heterocycles. The van der Waals surface area contributed by atoms with E-state index in [1.54, 1.807) is 4.90 Å². The van der Waals surface area contributed by atoms with Crippen LogP contribution in [0.3, 0.4) is 0 Å². The summed E-state index contributed by atoms with van der Waals surface area (Å²) in [6.45, 7) is 0.846. The molecule has 0 spiro atoms. The average molecular weight is 431 g/mol. The molecule has 0 radical (unpaired) electrons. The van der Waals surface area contributed by atoms with Gasteiger partial charge in [-0.05, 0) is 35.4 Å². The first-order valence-electron chi connectivity index (χ1n) is 9.00. The Morgan fingerprint density at radius 1 is 1.17 bits per heavy atom. The third-order valence-corrected chi connectivity index (χ3v) is 5.49. The highest BCUT2D eigenvalue weighted by Gasteiger charge is 2.15. The number of nitrogens with zero attached hydrogens (tertiary/aromatic N) is 3. The Kier molecular flexibility index (Phi) is 5.82. The summed E-state index contributed by atoms with van der Waals surface area (Å²) in [6.07, 6.45) is 0.623. The van der Waals surface area contributed by atoms with E-state index in [0.29, 0.717) is 28.9 Å². The van der Waals surface area contributed by atoms with Crippen LogP contribution < -0.4 is 19.7 Å². The zero-order valence-corrected chi connectivity index (χ0v) is 17.3. The van der Waals surface area contributed by atoms with Gasteiger partial charge in [0.25, 0.3) is 0 Å². The number of ether oxygens (including phenoxy) is 2. The first-order chi connectivity index (χ1) is 14.1. The number of carbonyl (C=O) groups excluding carboxylic acids is 1. The average Bonchev–Trinajstić information content (AvgIpc) is 3.37. The van der Waals surface area contributed by atoms with Gasteiger partial charge >= 0.3 is 0 Å². The molecular formula is C20H19ClN4O3S. The SMILES string of the molecule is CN(CC(=O)NCc1ccc2c(c1)OCO2)c1nc(Cc2ccc(Cl)cc2)ns1. The molecule has 2 heterocycles. The van der Waals surface area contributed by atoms with Crippen LogP contribution in [0.1, 0.15) is 17.0 Å². The van der Waals surface area contributed by atoms with Crippen molar-refractivity contribution in [2.24, 2.45) is 0 Å². The van der Waals surface area contributed by atoms with Crippen LogP contribution in [0.4, 0.5) is 5.13 Å². The molecule has 150 valence electrons. The van der Waals surface area contributed by atoms with Crippen LogP contribution >= 0.6 is 23.1 Å². The standard InChI is InChI=1S/C20H19ClN4O3S/c1-25(20-23-18(24-29-20)9-13-2-5-15(21)6-3-13)11-19(26)22-10-14-4-7-16-17(8-14)28-12-27-16/h2-8H,9-12H2,1H3,(H,22,26). The monoisotopic (exact) mass is 430 g/mol. The molecule has 0 aliphatic carbocycles. The number of amides is 1. The van der Waals surface area contributed by atoms with Crippen molar-refractivity contribution in [3.8, 4) is 11.5 Å². The number of hydrogen-bond donors (Lipinski definition) is 1. The molecule has 7 nitrogen and oxygen atoms in total. The van der Waals surface area contributed by atoms with Crippen molar-refractivity contribution in [3.63, 3.8) is 0 Å². The predicted molar refractivity (Wildman–Crippen MR) is 112 cm³/mol. The van der Waals surface area contributed by atoms with Crippen LogP contribution in [0.5, 0.6) is 11.5 Å². The Hall–Kier alpha value is -2.84. The van der Waals surface area contributed by atoms with Crippen molar-refractivity contribution in [1.82, 2.24) is 14.7 Å². The van der Waals surface area contributed by atoms with Crippen molar-refractivity contribution in [1.29, 1.82) is 0 Å². The first kappa shape index (κ1) is 19.5. The molecule has 9 heteroatoms. The fraction of sp³-hybridized carbons (Fsp3) is 0.250. The highest BCUT2D eigenvalue weighted by Crippen LogP contribution is 2.32. The zero-order chi connectivity index (χ0) is 20.2. The fourth-order valence-corrected chi connectivity index (χ4v) is 3.62. The second-order valence-electron chi connectivity index (χ2n) is 6.62. The lowest BCUT2D eigenvalue weighted by atomic mass is 10.1. The predicted octanol–water partition coefficient (Wildman–Crippen LogP) is 3.26. The topological polar surface area (TPSA) is 76.6 Å². The van der Waals surface area contributed by atoms with Gasteiger partial charge in [-0.15, -0.1) is 0 Å². The number of aromatic nitrogens is 2. The molecule has 1 aliphatic heterocycles. The van der Waals surface area contributed by atoms with Crippen molar-refractivity contribution < 1.29 is 14.3 Å². The van der Waals surface area contributed by atoms with E-state index in [1.165, 1.54) is 11.5 Å². The van der Waals surface area contributed by atoms with Gasteiger partial charge in [-0.25, -0.2) is 4.98 Å². The van der Waals surface area contributed by atoms with Gasteiger partial charge < -0.3 is 19.7 Å². The molecule has 0 saturated heterocycles. The summed E-state index contributed by atoms with van der Waals surface area (Å²) in [5.74, 6) is 2.06. The van der Waals surface area contributed by atoms with E-state index in [0.717, 1.165) is 22.7 Å². The van der Waals surface area contributed by atoms with Gasteiger partial charge in [0.05, 0.1) is 6.54 Å². The first-order valence-corrected chi connectivity index (χ1v) is 10.2. The number of carbonyl (C=O) groups is 1. The van der Waals surface area contributed by atoms with Gasteiger partial charge in [0.1, 0.15) is 5.82 Å². The summed E-state index contributed by atoms with van der Waals surface area (Å²) >= 11 is 7.19. The number of nitrogens with one attached hydrogen (secondary N) is 1. The Labute approximate surface area is 177 Å². The Bertz CT molecular complexity index is 1010. The zero-order valence-electron chi connectivity index (χ0n) is 15.7. The maximum Gasteiger partial charge on any atom is 0.239 e. The summed E-state index contributed by atoms with van der Waals surface area (Å²) in [5, 5.41) is 4.31. The minimum absolute atomic E-state index is 0.0976. The van der Waals surface area contributed by atoms with Crippen LogP contribution in [-0.4, -0.2) is 35.7 Å². The van der Waals surface area contributed by atoms with E-state index in [9.17, 15) is 4.79 Å². The van der Waals surface area contributed by atoms with Gasteiger partial charge in [-0.2, -0.15) is 4.37 Å². The van der Waals surface area contributed by atoms with Crippen LogP contribution in [0.25, 0.3) is 0 Å². The van der Waals surface area contributed by atoms with Gasteiger partial charge in [-0.1, -0.05) is 29.8 Å². The quantitative estimate of drug-likeness (QED) is 0.620. The van der Waals surface area contributed by atoms with Crippen molar-refractivity contribution >= 4 is 34.2 Å². The fourth-order valence-electron chi connectivity index (χ4n) is 2.85. The Balaban J connectivity index is 1.28. The normalized spacial score (nSPS) is 12.1. The van der Waals surface area contributed by atoms with Crippen LogP contribution in [0.15, 0.2) is 42.5 Å². The molecule has 0 bridgehead atoms. The number of rotatable bonds is 7. The molecule has 29 heavy (non-hydrogen) atoms. The third-order valence-electron chi connectivity index (χ3n) is 4.37. The molecule has 2 aromatic carbocycles.